The lowest BCUT2D eigenvalue weighted by atomic mass is 10.2. The third-order valence-corrected chi connectivity index (χ3v) is 4.61. The molecule has 2 N–H and O–H groups in total. The van der Waals surface area contributed by atoms with Gasteiger partial charge in [0, 0.05) is 12.6 Å². The molecule has 114 valence electrons. The van der Waals surface area contributed by atoms with Crippen molar-refractivity contribution in [1.29, 1.82) is 0 Å². The van der Waals surface area contributed by atoms with Gasteiger partial charge in [0.2, 0.25) is 10.0 Å². The van der Waals surface area contributed by atoms with Crippen LogP contribution in [0.4, 0.5) is 0 Å². The van der Waals surface area contributed by atoms with Gasteiger partial charge in [-0.1, -0.05) is 19.4 Å². The van der Waals surface area contributed by atoms with Crippen molar-refractivity contribution >= 4 is 10.0 Å². The molecule has 1 atom stereocenters. The largest absolute Gasteiger partial charge is 0.495 e. The van der Waals surface area contributed by atoms with E-state index in [9.17, 15) is 8.42 Å². The maximum absolute atomic E-state index is 12.4. The second-order valence-electron chi connectivity index (χ2n) is 4.83. The first-order valence-corrected chi connectivity index (χ1v) is 8.26. The highest BCUT2D eigenvalue weighted by Crippen LogP contribution is 2.25. The van der Waals surface area contributed by atoms with Gasteiger partial charge < -0.3 is 10.1 Å². The molecule has 1 rings (SSSR count). The zero-order valence-corrected chi connectivity index (χ0v) is 13.4. The van der Waals surface area contributed by atoms with E-state index in [0.29, 0.717) is 12.3 Å². The summed E-state index contributed by atoms with van der Waals surface area (Å²) in [6, 6.07) is 5.03. The van der Waals surface area contributed by atoms with Crippen molar-refractivity contribution in [2.45, 2.75) is 44.2 Å². The highest BCUT2D eigenvalue weighted by molar-refractivity contribution is 7.89. The van der Waals surface area contributed by atoms with E-state index in [2.05, 4.69) is 10.0 Å². The van der Waals surface area contributed by atoms with Gasteiger partial charge in [-0.25, -0.2) is 13.1 Å². The average Bonchev–Trinajstić information content (AvgIpc) is 2.38. The minimum absolute atomic E-state index is 0.0910. The van der Waals surface area contributed by atoms with Gasteiger partial charge in [0.1, 0.15) is 10.6 Å². The predicted molar refractivity (Wildman–Crippen MR) is 80.4 cm³/mol. The number of hydrogen-bond donors (Lipinski definition) is 2. The summed E-state index contributed by atoms with van der Waals surface area (Å²) in [5, 5.41) is 3.02. The molecule has 0 amide bonds. The molecular weight excluding hydrogens is 276 g/mol. The highest BCUT2D eigenvalue weighted by Gasteiger charge is 2.21. The van der Waals surface area contributed by atoms with Crippen LogP contribution in [0.1, 0.15) is 32.3 Å². The lowest BCUT2D eigenvalue weighted by molar-refractivity contribution is 0.401. The first-order valence-electron chi connectivity index (χ1n) is 6.78. The number of benzene rings is 1. The van der Waals surface area contributed by atoms with Crippen molar-refractivity contribution in [1.82, 2.24) is 10.0 Å². The summed E-state index contributed by atoms with van der Waals surface area (Å²) in [6.45, 7) is 4.55. The molecule has 1 aromatic rings. The van der Waals surface area contributed by atoms with E-state index in [0.717, 1.165) is 18.4 Å². The second kappa shape index (κ2) is 7.61. The van der Waals surface area contributed by atoms with E-state index < -0.39 is 10.0 Å². The molecule has 0 saturated heterocycles. The molecule has 0 aliphatic heterocycles. The van der Waals surface area contributed by atoms with E-state index >= 15 is 0 Å². The zero-order valence-electron chi connectivity index (χ0n) is 12.6. The fourth-order valence-electron chi connectivity index (χ4n) is 2.07. The van der Waals surface area contributed by atoms with E-state index in [-0.39, 0.29) is 10.9 Å². The molecule has 0 spiro atoms. The topological polar surface area (TPSA) is 67.4 Å². The number of hydrogen-bond acceptors (Lipinski definition) is 4. The fraction of sp³-hybridized carbons (Fsp3) is 0.571. The maximum Gasteiger partial charge on any atom is 0.244 e. The van der Waals surface area contributed by atoms with Crippen molar-refractivity contribution in [2.24, 2.45) is 0 Å². The predicted octanol–water partition coefficient (Wildman–Crippen LogP) is 1.88. The Kier molecular flexibility index (Phi) is 6.45. The summed E-state index contributed by atoms with van der Waals surface area (Å²) in [7, 11) is -0.234. The van der Waals surface area contributed by atoms with Gasteiger partial charge in [0.25, 0.3) is 0 Å². The van der Waals surface area contributed by atoms with Crippen LogP contribution >= 0.6 is 0 Å². The summed E-state index contributed by atoms with van der Waals surface area (Å²) in [5.41, 5.74) is 0.977. The van der Waals surface area contributed by atoms with Crippen molar-refractivity contribution in [3.63, 3.8) is 0 Å². The van der Waals surface area contributed by atoms with Crippen LogP contribution in [0.25, 0.3) is 0 Å². The summed E-state index contributed by atoms with van der Waals surface area (Å²) in [5.74, 6) is 0.369. The quantitative estimate of drug-likeness (QED) is 0.769. The highest BCUT2D eigenvalue weighted by atomic mass is 32.2. The van der Waals surface area contributed by atoms with Gasteiger partial charge >= 0.3 is 0 Å². The Hall–Kier alpha value is -1.11. The molecule has 0 fully saturated rings. The maximum atomic E-state index is 12.4. The summed E-state index contributed by atoms with van der Waals surface area (Å²) in [6.07, 6.45) is 1.74. The molecule has 0 aromatic heterocycles. The first-order chi connectivity index (χ1) is 9.44. The van der Waals surface area contributed by atoms with Gasteiger partial charge in [-0.05, 0) is 38.1 Å². The van der Waals surface area contributed by atoms with Crippen LogP contribution in [0.2, 0.25) is 0 Å². The SMILES string of the molecule is CCCC(C)NS(=O)(=O)c1ccc(CNC)cc1OC. The third-order valence-electron chi connectivity index (χ3n) is 2.98. The summed E-state index contributed by atoms with van der Waals surface area (Å²) < 4.78 is 32.6. The lowest BCUT2D eigenvalue weighted by Gasteiger charge is -2.16. The van der Waals surface area contributed by atoms with Crippen LogP contribution in [-0.4, -0.2) is 28.6 Å². The second-order valence-corrected chi connectivity index (χ2v) is 6.51. The third kappa shape index (κ3) is 4.47. The van der Waals surface area contributed by atoms with Crippen molar-refractivity contribution in [3.05, 3.63) is 23.8 Å². The van der Waals surface area contributed by atoms with Gasteiger partial charge in [0.15, 0.2) is 0 Å². The van der Waals surface area contributed by atoms with E-state index in [1.54, 1.807) is 18.2 Å². The van der Waals surface area contributed by atoms with Gasteiger partial charge in [0.05, 0.1) is 7.11 Å². The van der Waals surface area contributed by atoms with E-state index in [4.69, 9.17) is 4.74 Å². The van der Waals surface area contributed by atoms with Crippen LogP contribution in [0, 0.1) is 0 Å². The van der Waals surface area contributed by atoms with Gasteiger partial charge in [-0.15, -0.1) is 0 Å². The molecule has 0 heterocycles. The summed E-state index contributed by atoms with van der Waals surface area (Å²) in [4.78, 5) is 0.183. The molecule has 0 aliphatic rings. The molecule has 20 heavy (non-hydrogen) atoms. The molecule has 0 bridgehead atoms. The molecule has 1 aromatic carbocycles. The number of nitrogens with one attached hydrogen (secondary N) is 2. The normalized spacial score (nSPS) is 13.2. The Morgan fingerprint density at radius 3 is 2.60 bits per heavy atom. The average molecular weight is 300 g/mol. The summed E-state index contributed by atoms with van der Waals surface area (Å²) >= 11 is 0. The molecule has 5 nitrogen and oxygen atoms in total. The Morgan fingerprint density at radius 2 is 2.05 bits per heavy atom. The van der Waals surface area contributed by atoms with Crippen molar-refractivity contribution < 1.29 is 13.2 Å². The molecular formula is C14H24N2O3S. The first kappa shape index (κ1) is 16.9. The smallest absolute Gasteiger partial charge is 0.244 e. The standard InChI is InChI=1S/C14H24N2O3S/c1-5-6-11(2)16-20(17,18)14-8-7-12(10-15-3)9-13(14)19-4/h7-9,11,15-16H,5-6,10H2,1-4H3. The Morgan fingerprint density at radius 1 is 1.35 bits per heavy atom. The molecule has 0 radical (unpaired) electrons. The Labute approximate surface area is 121 Å². The monoisotopic (exact) mass is 300 g/mol. The van der Waals surface area contributed by atoms with Crippen LogP contribution < -0.4 is 14.8 Å². The van der Waals surface area contributed by atoms with Crippen LogP contribution in [0.3, 0.4) is 0 Å². The number of rotatable bonds is 8. The molecule has 1 unspecified atom stereocenters. The van der Waals surface area contributed by atoms with Gasteiger partial charge in [-0.2, -0.15) is 0 Å². The number of sulfonamides is 1. The van der Waals surface area contributed by atoms with Crippen molar-refractivity contribution in [2.75, 3.05) is 14.2 Å². The van der Waals surface area contributed by atoms with Crippen LogP contribution in [0.15, 0.2) is 23.1 Å². The lowest BCUT2D eigenvalue weighted by Crippen LogP contribution is -2.32. The van der Waals surface area contributed by atoms with E-state index in [1.807, 2.05) is 20.9 Å². The zero-order chi connectivity index (χ0) is 15.2. The minimum Gasteiger partial charge on any atom is -0.495 e. The van der Waals surface area contributed by atoms with E-state index in [1.165, 1.54) is 7.11 Å². The fourth-order valence-corrected chi connectivity index (χ4v) is 3.50. The minimum atomic E-state index is -3.55. The molecule has 0 aliphatic carbocycles. The van der Waals surface area contributed by atoms with Crippen LogP contribution in [-0.2, 0) is 16.6 Å². The molecule has 6 heteroatoms. The number of methoxy groups -OCH3 is 1. The van der Waals surface area contributed by atoms with Gasteiger partial charge in [-0.3, -0.25) is 0 Å². The molecule has 0 saturated carbocycles. The van der Waals surface area contributed by atoms with Crippen LogP contribution in [0.5, 0.6) is 5.75 Å². The Balaban J connectivity index is 3.05. The Bertz CT molecular complexity index is 529. The number of ether oxygens (including phenoxy) is 1. The van der Waals surface area contributed by atoms with Crippen molar-refractivity contribution in [3.8, 4) is 5.75 Å².